The minimum absolute atomic E-state index is 0. The predicted molar refractivity (Wildman–Crippen MR) is 138 cm³/mol. The van der Waals surface area contributed by atoms with Crippen molar-refractivity contribution in [1.29, 1.82) is 0 Å². The maximum Gasteiger partial charge on any atom is 0.354 e. The number of carbonyl (C=O) groups is 3. The molecule has 3 saturated carbocycles. The van der Waals surface area contributed by atoms with Gasteiger partial charge in [-0.15, -0.1) is 0 Å². The van der Waals surface area contributed by atoms with Crippen molar-refractivity contribution in [2.24, 2.45) is 16.6 Å². The summed E-state index contributed by atoms with van der Waals surface area (Å²) in [7, 11) is 1.41. The molecule has 4 N–H and O–H groups in total. The van der Waals surface area contributed by atoms with Crippen LogP contribution in [-0.2, 0) is 16.1 Å². The molecule has 0 unspecified atom stereocenters. The predicted octanol–water partition coefficient (Wildman–Crippen LogP) is 3.73. The largest absolute Gasteiger partial charge is 0.477 e. The Balaban J connectivity index is 0.000000359. The molecule has 1 aromatic carbocycles. The summed E-state index contributed by atoms with van der Waals surface area (Å²) in [6, 6.07) is 7.24. The monoisotopic (exact) mass is 545 g/mol. The zero-order valence-corrected chi connectivity index (χ0v) is 20.9. The van der Waals surface area contributed by atoms with Crippen LogP contribution in [0.4, 0.5) is 8.78 Å². The molecule has 0 spiro atoms. The van der Waals surface area contributed by atoms with E-state index in [4.69, 9.17) is 10.5 Å². The Hall–Kier alpha value is -3.93. The number of hydrogen-bond donors (Lipinski definition) is 3. The second kappa shape index (κ2) is 11.9. The van der Waals surface area contributed by atoms with Gasteiger partial charge in [-0.1, -0.05) is 19.6 Å². The number of hydrogen-bond acceptors (Lipinski definition) is 7. The van der Waals surface area contributed by atoms with Gasteiger partial charge in [0, 0.05) is 19.2 Å². The van der Waals surface area contributed by atoms with E-state index >= 15 is 0 Å². The summed E-state index contributed by atoms with van der Waals surface area (Å²) < 4.78 is 32.0. The minimum atomic E-state index is -1.36. The average Bonchev–Trinajstić information content (AvgIpc) is 3.33. The van der Waals surface area contributed by atoms with Gasteiger partial charge in [0.25, 0.3) is 5.91 Å². The highest BCUT2D eigenvalue weighted by atomic mass is 19.1. The number of carboxylic acid groups (broad SMARTS) is 1. The van der Waals surface area contributed by atoms with Crippen LogP contribution in [-0.4, -0.2) is 51.2 Å². The Labute approximate surface area is 224 Å². The minimum Gasteiger partial charge on any atom is -0.477 e. The molecule has 3 aliphatic rings. The number of nitrogens with one attached hydrogen (secondary N) is 1. The van der Waals surface area contributed by atoms with Gasteiger partial charge in [-0.25, -0.2) is 23.1 Å². The Morgan fingerprint density at radius 3 is 2.26 bits per heavy atom. The lowest BCUT2D eigenvalue weighted by molar-refractivity contribution is -0.162. The molecule has 3 fully saturated rings. The first-order chi connectivity index (χ1) is 18.1. The SMILES string of the molecule is C.COC(=O)C12CCC(CNC(=O)c3cc(C(=O)O)nc4c(F)cnn34)(CC1)CC2.NCc1ccc(F)cc1. The number of rotatable bonds is 6. The van der Waals surface area contributed by atoms with Gasteiger partial charge in [0.05, 0.1) is 18.7 Å². The third-order valence-electron chi connectivity index (χ3n) is 7.67. The molecule has 0 aliphatic heterocycles. The molecule has 1 amide bonds. The molecule has 6 rings (SSSR count). The van der Waals surface area contributed by atoms with E-state index in [0.717, 1.165) is 60.9 Å². The molecular formula is C27H33F2N5O5. The molecule has 3 aromatic rings. The Kier molecular flexibility index (Phi) is 9.00. The number of carboxylic acids is 1. The van der Waals surface area contributed by atoms with Crippen molar-refractivity contribution in [3.05, 3.63) is 65.1 Å². The zero-order valence-electron chi connectivity index (χ0n) is 20.9. The van der Waals surface area contributed by atoms with Crippen LogP contribution >= 0.6 is 0 Å². The molecule has 39 heavy (non-hydrogen) atoms. The molecular weight excluding hydrogens is 512 g/mol. The molecule has 210 valence electrons. The summed E-state index contributed by atoms with van der Waals surface area (Å²) in [4.78, 5) is 39.9. The van der Waals surface area contributed by atoms with Gasteiger partial charge in [0.2, 0.25) is 0 Å². The van der Waals surface area contributed by atoms with Crippen molar-refractivity contribution >= 4 is 23.5 Å². The molecule has 2 bridgehead atoms. The van der Waals surface area contributed by atoms with Gasteiger partial charge in [-0.3, -0.25) is 9.59 Å². The molecule has 3 aliphatic carbocycles. The number of ether oxygens (including phenoxy) is 1. The lowest BCUT2D eigenvalue weighted by Crippen LogP contribution is -2.50. The number of fused-ring (bicyclic) bond motifs is 4. The number of methoxy groups -OCH3 is 1. The Morgan fingerprint density at radius 2 is 1.72 bits per heavy atom. The van der Waals surface area contributed by atoms with Crippen LogP contribution in [0.25, 0.3) is 5.65 Å². The molecule has 0 atom stereocenters. The molecule has 0 saturated heterocycles. The van der Waals surface area contributed by atoms with Crippen molar-refractivity contribution in [3.63, 3.8) is 0 Å². The van der Waals surface area contributed by atoms with Crippen LogP contribution < -0.4 is 11.1 Å². The van der Waals surface area contributed by atoms with E-state index in [0.29, 0.717) is 13.1 Å². The highest BCUT2D eigenvalue weighted by Crippen LogP contribution is 2.57. The number of aromatic carboxylic acids is 1. The van der Waals surface area contributed by atoms with E-state index in [9.17, 15) is 28.3 Å². The van der Waals surface area contributed by atoms with Crippen LogP contribution in [0.5, 0.6) is 0 Å². The van der Waals surface area contributed by atoms with E-state index in [2.05, 4.69) is 15.4 Å². The van der Waals surface area contributed by atoms with Crippen molar-refractivity contribution in [2.75, 3.05) is 13.7 Å². The fourth-order valence-electron chi connectivity index (χ4n) is 5.24. The first kappa shape index (κ1) is 29.6. The van der Waals surface area contributed by atoms with Crippen molar-refractivity contribution < 1.29 is 33.0 Å². The number of halogens is 2. The van der Waals surface area contributed by atoms with E-state index < -0.39 is 28.8 Å². The van der Waals surface area contributed by atoms with Gasteiger partial charge in [-0.2, -0.15) is 5.10 Å². The first-order valence-electron chi connectivity index (χ1n) is 12.2. The Morgan fingerprint density at radius 1 is 1.10 bits per heavy atom. The average molecular weight is 546 g/mol. The lowest BCUT2D eigenvalue weighted by Gasteiger charge is -2.51. The molecule has 0 radical (unpaired) electrons. The van der Waals surface area contributed by atoms with Crippen LogP contribution in [0, 0.1) is 22.5 Å². The van der Waals surface area contributed by atoms with Gasteiger partial charge in [0.1, 0.15) is 11.5 Å². The van der Waals surface area contributed by atoms with Gasteiger partial charge in [0.15, 0.2) is 17.2 Å². The molecule has 2 heterocycles. The topological polar surface area (TPSA) is 149 Å². The Bertz CT molecular complexity index is 1330. The summed E-state index contributed by atoms with van der Waals surface area (Å²) in [6.45, 7) is 0.860. The standard InChI is InChI=1S/C19H21FN4O5.C7H8FN.CH4/c1-29-17(28)19-5-2-18(3-6-19,4-7-19)10-21-15(25)13-8-12(16(26)27)23-14-11(20)9-22-24(13)14;8-7-3-1-6(5-9)2-4-7;/h8-9H,2-7,10H2,1H3,(H,21,25)(H,26,27);1-4H,5,9H2;1H4. The van der Waals surface area contributed by atoms with E-state index in [1.54, 1.807) is 12.1 Å². The van der Waals surface area contributed by atoms with Gasteiger partial charge in [-0.05, 0) is 61.6 Å². The number of carbonyl (C=O) groups excluding carboxylic acids is 2. The van der Waals surface area contributed by atoms with Crippen LogP contribution in [0.2, 0.25) is 0 Å². The number of nitrogens with two attached hydrogens (primary N) is 1. The van der Waals surface area contributed by atoms with Crippen LogP contribution in [0.1, 0.15) is 72.5 Å². The molecule has 2 aromatic heterocycles. The summed E-state index contributed by atoms with van der Waals surface area (Å²) in [6.07, 6.45) is 5.45. The summed E-state index contributed by atoms with van der Waals surface area (Å²) in [5.74, 6) is -3.09. The number of esters is 1. The van der Waals surface area contributed by atoms with Crippen LogP contribution in [0.3, 0.4) is 0 Å². The third-order valence-corrected chi connectivity index (χ3v) is 7.67. The molecule has 10 nitrogen and oxygen atoms in total. The second-order valence-electron chi connectivity index (χ2n) is 9.84. The highest BCUT2D eigenvalue weighted by Gasteiger charge is 2.53. The highest BCUT2D eigenvalue weighted by molar-refractivity contribution is 5.96. The fraction of sp³-hybridized carbons (Fsp3) is 0.444. The van der Waals surface area contributed by atoms with Gasteiger partial charge < -0.3 is 20.9 Å². The number of benzene rings is 1. The third kappa shape index (κ3) is 6.06. The number of amides is 1. The number of nitrogens with zero attached hydrogens (tertiary/aromatic N) is 3. The normalized spacial score (nSPS) is 21.3. The summed E-state index contributed by atoms with van der Waals surface area (Å²) in [5, 5.41) is 15.8. The van der Waals surface area contributed by atoms with Crippen molar-refractivity contribution in [2.45, 2.75) is 52.5 Å². The van der Waals surface area contributed by atoms with E-state index in [1.807, 2.05) is 0 Å². The quantitative estimate of drug-likeness (QED) is 0.397. The molecule has 12 heteroatoms. The first-order valence-corrected chi connectivity index (χ1v) is 12.2. The van der Waals surface area contributed by atoms with Gasteiger partial charge >= 0.3 is 11.9 Å². The van der Waals surface area contributed by atoms with Crippen LogP contribution in [0.15, 0.2) is 36.5 Å². The maximum atomic E-state index is 13.9. The number of aromatic nitrogens is 3. The fourth-order valence-corrected chi connectivity index (χ4v) is 5.24. The second-order valence-corrected chi connectivity index (χ2v) is 9.84. The maximum absolute atomic E-state index is 13.9. The van der Waals surface area contributed by atoms with E-state index in [-0.39, 0.29) is 36.0 Å². The summed E-state index contributed by atoms with van der Waals surface area (Å²) in [5.41, 5.74) is 4.88. The summed E-state index contributed by atoms with van der Waals surface area (Å²) >= 11 is 0. The van der Waals surface area contributed by atoms with Crippen molar-refractivity contribution in [3.8, 4) is 0 Å². The van der Waals surface area contributed by atoms with E-state index in [1.165, 1.54) is 19.2 Å². The lowest BCUT2D eigenvalue weighted by atomic mass is 9.53. The van der Waals surface area contributed by atoms with Crippen molar-refractivity contribution in [1.82, 2.24) is 19.9 Å². The zero-order chi connectivity index (χ0) is 27.5. The smallest absolute Gasteiger partial charge is 0.354 e.